The molecule has 82 valence electrons. The van der Waals surface area contributed by atoms with Gasteiger partial charge in [-0.05, 0) is 25.5 Å². The average Bonchev–Trinajstić information content (AvgIpc) is 2.26. The number of nitrogens with zero attached hydrogens (tertiary/aromatic N) is 1. The van der Waals surface area contributed by atoms with Crippen molar-refractivity contribution in [2.24, 2.45) is 0 Å². The third-order valence-corrected chi connectivity index (χ3v) is 2.30. The summed E-state index contributed by atoms with van der Waals surface area (Å²) >= 11 is 0. The average molecular weight is 208 g/mol. The second-order valence-electron chi connectivity index (χ2n) is 3.40. The molecule has 4 nitrogen and oxygen atoms in total. The van der Waals surface area contributed by atoms with Gasteiger partial charge in [0.1, 0.15) is 0 Å². The van der Waals surface area contributed by atoms with Crippen LogP contribution in [0.1, 0.15) is 29.4 Å². The third-order valence-electron chi connectivity index (χ3n) is 2.30. The molecule has 0 saturated carbocycles. The predicted octanol–water partition coefficient (Wildman–Crippen LogP) is 0.891. The number of aromatic nitrogens is 1. The summed E-state index contributed by atoms with van der Waals surface area (Å²) in [5, 5.41) is 11.7. The van der Waals surface area contributed by atoms with Crippen molar-refractivity contribution in [1.82, 2.24) is 10.3 Å². The summed E-state index contributed by atoms with van der Waals surface area (Å²) in [7, 11) is 0. The zero-order valence-electron chi connectivity index (χ0n) is 9.03. The highest BCUT2D eigenvalue weighted by molar-refractivity contribution is 5.95. The van der Waals surface area contributed by atoms with Gasteiger partial charge in [-0.3, -0.25) is 9.78 Å². The quantitative estimate of drug-likeness (QED) is 0.772. The zero-order chi connectivity index (χ0) is 11.3. The van der Waals surface area contributed by atoms with Crippen LogP contribution in [-0.2, 0) is 0 Å². The van der Waals surface area contributed by atoms with Crippen molar-refractivity contribution in [3.8, 4) is 0 Å². The van der Waals surface area contributed by atoms with E-state index in [1.54, 1.807) is 25.3 Å². The number of amides is 1. The van der Waals surface area contributed by atoms with Crippen LogP contribution in [0.15, 0.2) is 18.3 Å². The SMILES string of the molecule is CC[C@H](CO)NC(=O)c1cccnc1C. The Morgan fingerprint density at radius 3 is 2.93 bits per heavy atom. The van der Waals surface area contributed by atoms with E-state index >= 15 is 0 Å². The molecule has 1 aromatic heterocycles. The van der Waals surface area contributed by atoms with Gasteiger partial charge in [0, 0.05) is 11.9 Å². The van der Waals surface area contributed by atoms with E-state index in [0.29, 0.717) is 17.7 Å². The molecule has 1 atom stereocenters. The van der Waals surface area contributed by atoms with Crippen molar-refractivity contribution >= 4 is 5.91 Å². The molecule has 1 aromatic rings. The largest absolute Gasteiger partial charge is 0.394 e. The van der Waals surface area contributed by atoms with E-state index in [2.05, 4.69) is 10.3 Å². The van der Waals surface area contributed by atoms with Crippen molar-refractivity contribution < 1.29 is 9.90 Å². The van der Waals surface area contributed by atoms with Gasteiger partial charge in [-0.15, -0.1) is 0 Å². The first-order chi connectivity index (χ1) is 7.19. The summed E-state index contributed by atoms with van der Waals surface area (Å²) in [5.41, 5.74) is 1.26. The van der Waals surface area contributed by atoms with Crippen LogP contribution in [0.25, 0.3) is 0 Å². The van der Waals surface area contributed by atoms with Crippen LogP contribution in [-0.4, -0.2) is 28.6 Å². The summed E-state index contributed by atoms with van der Waals surface area (Å²) < 4.78 is 0. The summed E-state index contributed by atoms with van der Waals surface area (Å²) in [6.45, 7) is 3.66. The molecule has 0 spiro atoms. The van der Waals surface area contributed by atoms with Crippen LogP contribution in [0.2, 0.25) is 0 Å². The predicted molar refractivity (Wildman–Crippen MR) is 57.6 cm³/mol. The first kappa shape index (κ1) is 11.7. The number of carbonyl (C=O) groups is 1. The van der Waals surface area contributed by atoms with E-state index in [1.165, 1.54) is 0 Å². The summed E-state index contributed by atoms with van der Waals surface area (Å²) in [6.07, 6.45) is 2.36. The smallest absolute Gasteiger partial charge is 0.253 e. The fourth-order valence-corrected chi connectivity index (χ4v) is 1.26. The lowest BCUT2D eigenvalue weighted by Crippen LogP contribution is -2.37. The summed E-state index contributed by atoms with van der Waals surface area (Å²) in [6, 6.07) is 3.26. The van der Waals surface area contributed by atoms with Gasteiger partial charge in [-0.2, -0.15) is 0 Å². The normalized spacial score (nSPS) is 12.2. The number of rotatable bonds is 4. The highest BCUT2D eigenvalue weighted by Gasteiger charge is 2.12. The Hall–Kier alpha value is -1.42. The van der Waals surface area contributed by atoms with E-state index in [-0.39, 0.29) is 18.6 Å². The number of hydrogen-bond acceptors (Lipinski definition) is 3. The Kier molecular flexibility index (Phi) is 4.24. The lowest BCUT2D eigenvalue weighted by Gasteiger charge is -2.14. The first-order valence-corrected chi connectivity index (χ1v) is 5.02. The first-order valence-electron chi connectivity index (χ1n) is 5.02. The molecule has 0 bridgehead atoms. The molecule has 0 fully saturated rings. The van der Waals surface area contributed by atoms with Crippen molar-refractivity contribution in [3.05, 3.63) is 29.6 Å². The number of hydrogen-bond donors (Lipinski definition) is 2. The minimum Gasteiger partial charge on any atom is -0.394 e. The Morgan fingerprint density at radius 2 is 2.40 bits per heavy atom. The number of aliphatic hydroxyl groups excluding tert-OH is 1. The maximum absolute atomic E-state index is 11.7. The molecule has 15 heavy (non-hydrogen) atoms. The maximum Gasteiger partial charge on any atom is 0.253 e. The van der Waals surface area contributed by atoms with Gasteiger partial charge >= 0.3 is 0 Å². The van der Waals surface area contributed by atoms with Gasteiger partial charge in [0.2, 0.25) is 0 Å². The minimum absolute atomic E-state index is 0.0401. The molecule has 1 amide bonds. The Balaban J connectivity index is 2.73. The molecule has 1 rings (SSSR count). The molecule has 2 N–H and O–H groups in total. The summed E-state index contributed by atoms with van der Waals surface area (Å²) in [5.74, 6) is -0.179. The number of carbonyl (C=O) groups excluding carboxylic acids is 1. The lowest BCUT2D eigenvalue weighted by atomic mass is 10.1. The van der Waals surface area contributed by atoms with Crippen LogP contribution in [0.5, 0.6) is 0 Å². The van der Waals surface area contributed by atoms with Crippen LogP contribution < -0.4 is 5.32 Å². The van der Waals surface area contributed by atoms with Crippen LogP contribution in [0, 0.1) is 6.92 Å². The van der Waals surface area contributed by atoms with E-state index in [1.807, 2.05) is 6.92 Å². The molecule has 0 unspecified atom stereocenters. The monoisotopic (exact) mass is 208 g/mol. The van der Waals surface area contributed by atoms with Crippen LogP contribution >= 0.6 is 0 Å². The molecule has 0 aromatic carbocycles. The molecule has 0 saturated heterocycles. The van der Waals surface area contributed by atoms with Crippen molar-refractivity contribution in [3.63, 3.8) is 0 Å². The van der Waals surface area contributed by atoms with Gasteiger partial charge in [-0.1, -0.05) is 6.92 Å². The highest BCUT2D eigenvalue weighted by Crippen LogP contribution is 2.04. The number of pyridine rings is 1. The van der Waals surface area contributed by atoms with Crippen molar-refractivity contribution in [1.29, 1.82) is 0 Å². The fraction of sp³-hybridized carbons (Fsp3) is 0.455. The van der Waals surface area contributed by atoms with Crippen molar-refractivity contribution in [2.75, 3.05) is 6.61 Å². The van der Waals surface area contributed by atoms with Gasteiger partial charge in [0.15, 0.2) is 0 Å². The van der Waals surface area contributed by atoms with Gasteiger partial charge in [0.25, 0.3) is 5.91 Å². The summed E-state index contributed by atoms with van der Waals surface area (Å²) in [4.78, 5) is 15.8. The van der Waals surface area contributed by atoms with Gasteiger partial charge in [-0.25, -0.2) is 0 Å². The number of nitrogens with one attached hydrogen (secondary N) is 1. The standard InChI is InChI=1S/C11H16N2O2/c1-3-9(7-14)13-11(15)10-5-4-6-12-8(10)2/h4-6,9,14H,3,7H2,1-2H3,(H,13,15)/t9-/m1/s1. The topological polar surface area (TPSA) is 62.2 Å². The van der Waals surface area contributed by atoms with Crippen LogP contribution in [0.4, 0.5) is 0 Å². The van der Waals surface area contributed by atoms with Gasteiger partial charge < -0.3 is 10.4 Å². The second-order valence-corrected chi connectivity index (χ2v) is 3.40. The second kappa shape index (κ2) is 5.46. The Labute approximate surface area is 89.3 Å². The molecule has 0 aliphatic heterocycles. The lowest BCUT2D eigenvalue weighted by molar-refractivity contribution is 0.0914. The molecule has 0 aliphatic carbocycles. The third kappa shape index (κ3) is 3.02. The number of aryl methyl sites for hydroxylation is 1. The van der Waals surface area contributed by atoms with E-state index in [9.17, 15) is 4.79 Å². The molecule has 0 radical (unpaired) electrons. The molecule has 1 heterocycles. The Bertz CT molecular complexity index is 335. The van der Waals surface area contributed by atoms with E-state index in [4.69, 9.17) is 5.11 Å². The maximum atomic E-state index is 11.7. The molecule has 4 heteroatoms. The minimum atomic E-state index is -0.183. The van der Waals surface area contributed by atoms with E-state index < -0.39 is 0 Å². The molecule has 0 aliphatic rings. The van der Waals surface area contributed by atoms with E-state index in [0.717, 1.165) is 0 Å². The molecular formula is C11H16N2O2. The highest BCUT2D eigenvalue weighted by atomic mass is 16.3. The van der Waals surface area contributed by atoms with Gasteiger partial charge in [0.05, 0.1) is 18.2 Å². The fourth-order valence-electron chi connectivity index (χ4n) is 1.26. The number of aliphatic hydroxyl groups is 1. The zero-order valence-corrected chi connectivity index (χ0v) is 9.03. The van der Waals surface area contributed by atoms with Crippen LogP contribution in [0.3, 0.4) is 0 Å². The molecular weight excluding hydrogens is 192 g/mol. The Morgan fingerprint density at radius 1 is 1.67 bits per heavy atom. The van der Waals surface area contributed by atoms with Crippen molar-refractivity contribution in [2.45, 2.75) is 26.3 Å².